The highest BCUT2D eigenvalue weighted by Crippen LogP contribution is 2.16. The lowest BCUT2D eigenvalue weighted by atomic mass is 10.0. The van der Waals surface area contributed by atoms with Crippen LogP contribution in [0.2, 0.25) is 0 Å². The Balaban J connectivity index is 3.61. The van der Waals surface area contributed by atoms with E-state index in [0.717, 1.165) is 44.9 Å². The molecule has 0 spiro atoms. The molecule has 0 saturated carbocycles. The lowest BCUT2D eigenvalue weighted by molar-refractivity contribution is -0.124. The Hall–Kier alpha value is -1.43. The SMILES string of the molecule is CCCCCCCCC/C=C/CC/C=C/CCCC(O)C(O)C(CO)NC(=O)CCCCCCCCCCCC/C=C\CCCCCCCCCCCCCC. The predicted octanol–water partition coefficient (Wildman–Crippen LogP) is 14.7. The van der Waals surface area contributed by atoms with Gasteiger partial charge in [0.15, 0.2) is 0 Å². The molecule has 0 aromatic carbocycles. The lowest BCUT2D eigenvalue weighted by Gasteiger charge is -2.26. The zero-order valence-corrected chi connectivity index (χ0v) is 37.5. The first-order valence-electron chi connectivity index (χ1n) is 24.8. The van der Waals surface area contributed by atoms with Gasteiger partial charge in [-0.2, -0.15) is 0 Å². The monoisotopic (exact) mass is 788 g/mol. The third-order valence-corrected chi connectivity index (χ3v) is 11.4. The van der Waals surface area contributed by atoms with Gasteiger partial charge in [0.1, 0.15) is 6.10 Å². The number of allylic oxidation sites excluding steroid dienone is 6. The van der Waals surface area contributed by atoms with Crippen molar-refractivity contribution in [2.24, 2.45) is 0 Å². The van der Waals surface area contributed by atoms with E-state index < -0.39 is 18.2 Å². The van der Waals surface area contributed by atoms with E-state index in [9.17, 15) is 20.1 Å². The minimum atomic E-state index is -1.17. The second kappa shape index (κ2) is 46.3. The number of aliphatic hydroxyl groups is 3. The molecule has 0 aliphatic heterocycles. The van der Waals surface area contributed by atoms with Crippen LogP contribution in [0.3, 0.4) is 0 Å². The fourth-order valence-electron chi connectivity index (χ4n) is 7.59. The average molecular weight is 788 g/mol. The summed E-state index contributed by atoms with van der Waals surface area (Å²) in [6.45, 7) is 4.17. The summed E-state index contributed by atoms with van der Waals surface area (Å²) < 4.78 is 0. The number of hydrogen-bond donors (Lipinski definition) is 4. The molecule has 0 radical (unpaired) electrons. The van der Waals surface area contributed by atoms with Crippen LogP contribution in [0.4, 0.5) is 0 Å². The molecule has 0 heterocycles. The zero-order chi connectivity index (χ0) is 40.8. The quantitative estimate of drug-likeness (QED) is 0.0365. The molecule has 330 valence electrons. The summed E-state index contributed by atoms with van der Waals surface area (Å²) in [5.41, 5.74) is 0. The smallest absolute Gasteiger partial charge is 0.220 e. The Morgan fingerprint density at radius 3 is 1.09 bits per heavy atom. The summed E-state index contributed by atoms with van der Waals surface area (Å²) in [7, 11) is 0. The summed E-state index contributed by atoms with van der Waals surface area (Å²) in [6, 6.07) is -0.832. The van der Waals surface area contributed by atoms with E-state index >= 15 is 0 Å². The van der Waals surface area contributed by atoms with Crippen molar-refractivity contribution in [2.75, 3.05) is 6.61 Å². The summed E-state index contributed by atoms with van der Waals surface area (Å²) in [4.78, 5) is 12.5. The van der Waals surface area contributed by atoms with Crippen LogP contribution in [0.1, 0.15) is 258 Å². The molecule has 0 aromatic heterocycles. The second-order valence-corrected chi connectivity index (χ2v) is 17.0. The molecule has 4 N–H and O–H groups in total. The number of carbonyl (C=O) groups is 1. The Morgan fingerprint density at radius 2 is 0.732 bits per heavy atom. The maximum Gasteiger partial charge on any atom is 0.220 e. The molecular formula is C51H97NO4. The van der Waals surface area contributed by atoms with Crippen molar-refractivity contribution < 1.29 is 20.1 Å². The first-order valence-corrected chi connectivity index (χ1v) is 24.8. The molecule has 0 rings (SSSR count). The minimum absolute atomic E-state index is 0.158. The standard InChI is InChI=1S/C51H97NO4/c1-3-5-7-9-11-13-15-17-19-21-22-23-24-25-26-27-28-29-30-32-34-36-38-40-42-44-46-50(55)52-48(47-53)51(56)49(54)45-43-41-39-37-35-33-31-20-18-16-14-12-10-8-6-4-2/h20,25-26,31,37,39,48-49,51,53-54,56H,3-19,21-24,27-30,32-36,38,40-47H2,1-2H3,(H,52,55)/b26-25-,31-20+,39-37+. The highest BCUT2D eigenvalue weighted by Gasteiger charge is 2.26. The first-order chi connectivity index (χ1) is 27.6. The van der Waals surface area contributed by atoms with Gasteiger partial charge in [0.05, 0.1) is 18.8 Å². The van der Waals surface area contributed by atoms with Crippen molar-refractivity contribution in [2.45, 2.75) is 276 Å². The van der Waals surface area contributed by atoms with E-state index in [4.69, 9.17) is 0 Å². The average Bonchev–Trinajstić information content (AvgIpc) is 3.20. The van der Waals surface area contributed by atoms with Crippen LogP contribution < -0.4 is 5.32 Å². The predicted molar refractivity (Wildman–Crippen MR) is 245 cm³/mol. The van der Waals surface area contributed by atoms with Gasteiger partial charge in [-0.15, -0.1) is 0 Å². The normalized spacial score (nSPS) is 13.7. The number of amides is 1. The fourth-order valence-corrected chi connectivity index (χ4v) is 7.59. The second-order valence-electron chi connectivity index (χ2n) is 17.0. The first kappa shape index (κ1) is 54.6. The molecule has 3 unspecified atom stereocenters. The summed E-state index contributed by atoms with van der Waals surface area (Å²) in [5, 5.41) is 33.6. The van der Waals surface area contributed by atoms with Gasteiger partial charge in [0.2, 0.25) is 5.91 Å². The van der Waals surface area contributed by atoms with E-state index in [1.807, 2.05) is 0 Å². The van der Waals surface area contributed by atoms with Crippen molar-refractivity contribution in [1.82, 2.24) is 5.32 Å². The molecular weight excluding hydrogens is 691 g/mol. The van der Waals surface area contributed by atoms with Gasteiger partial charge in [0, 0.05) is 6.42 Å². The van der Waals surface area contributed by atoms with E-state index in [-0.39, 0.29) is 12.5 Å². The Labute approximate surface area is 349 Å². The van der Waals surface area contributed by atoms with Gasteiger partial charge in [-0.3, -0.25) is 4.79 Å². The maximum atomic E-state index is 12.5. The van der Waals surface area contributed by atoms with E-state index in [1.165, 1.54) is 186 Å². The molecule has 0 fully saturated rings. The highest BCUT2D eigenvalue weighted by atomic mass is 16.3. The van der Waals surface area contributed by atoms with E-state index in [1.54, 1.807) is 0 Å². The number of nitrogens with one attached hydrogen (secondary N) is 1. The van der Waals surface area contributed by atoms with Crippen molar-refractivity contribution in [3.63, 3.8) is 0 Å². The lowest BCUT2D eigenvalue weighted by Crippen LogP contribution is -2.50. The van der Waals surface area contributed by atoms with Crippen LogP contribution in [0.5, 0.6) is 0 Å². The van der Waals surface area contributed by atoms with Crippen LogP contribution >= 0.6 is 0 Å². The fraction of sp³-hybridized carbons (Fsp3) is 0.863. The van der Waals surface area contributed by atoms with Gasteiger partial charge >= 0.3 is 0 Å². The minimum Gasteiger partial charge on any atom is -0.394 e. The van der Waals surface area contributed by atoms with E-state index in [2.05, 4.69) is 55.6 Å². The molecule has 3 atom stereocenters. The molecule has 5 heteroatoms. The molecule has 56 heavy (non-hydrogen) atoms. The Kier molecular flexibility index (Phi) is 45.1. The van der Waals surface area contributed by atoms with Crippen molar-refractivity contribution >= 4 is 5.91 Å². The third kappa shape index (κ3) is 40.8. The molecule has 0 bridgehead atoms. The van der Waals surface area contributed by atoms with Gasteiger partial charge < -0.3 is 20.6 Å². The summed E-state index contributed by atoms with van der Waals surface area (Å²) >= 11 is 0. The Bertz CT molecular complexity index is 870. The number of aliphatic hydroxyl groups excluding tert-OH is 3. The molecule has 0 saturated heterocycles. The third-order valence-electron chi connectivity index (χ3n) is 11.4. The van der Waals surface area contributed by atoms with Gasteiger partial charge in [-0.25, -0.2) is 0 Å². The topological polar surface area (TPSA) is 89.8 Å². The largest absolute Gasteiger partial charge is 0.394 e. The summed E-state index contributed by atoms with van der Waals surface area (Å²) in [6.07, 6.45) is 58.5. The Morgan fingerprint density at radius 1 is 0.429 bits per heavy atom. The van der Waals surface area contributed by atoms with E-state index in [0.29, 0.717) is 12.8 Å². The molecule has 0 aliphatic carbocycles. The van der Waals surface area contributed by atoms with Crippen LogP contribution in [0.15, 0.2) is 36.5 Å². The number of carbonyl (C=O) groups excluding carboxylic acids is 1. The zero-order valence-electron chi connectivity index (χ0n) is 37.5. The molecule has 1 amide bonds. The van der Waals surface area contributed by atoms with Crippen molar-refractivity contribution in [3.8, 4) is 0 Å². The van der Waals surface area contributed by atoms with Crippen molar-refractivity contribution in [1.29, 1.82) is 0 Å². The van der Waals surface area contributed by atoms with Gasteiger partial charge in [0.25, 0.3) is 0 Å². The molecule has 0 aromatic rings. The number of rotatable bonds is 45. The molecule has 5 nitrogen and oxygen atoms in total. The van der Waals surface area contributed by atoms with Crippen LogP contribution in [-0.4, -0.2) is 46.1 Å². The van der Waals surface area contributed by atoms with Gasteiger partial charge in [-0.1, -0.05) is 211 Å². The van der Waals surface area contributed by atoms with Crippen LogP contribution in [0.25, 0.3) is 0 Å². The number of hydrogen-bond acceptors (Lipinski definition) is 4. The maximum absolute atomic E-state index is 12.5. The van der Waals surface area contributed by atoms with Crippen LogP contribution in [0, 0.1) is 0 Å². The molecule has 0 aliphatic rings. The van der Waals surface area contributed by atoms with Crippen molar-refractivity contribution in [3.05, 3.63) is 36.5 Å². The highest BCUT2D eigenvalue weighted by molar-refractivity contribution is 5.76. The van der Waals surface area contributed by atoms with Crippen LogP contribution in [-0.2, 0) is 4.79 Å². The summed E-state index contributed by atoms with van der Waals surface area (Å²) in [5.74, 6) is -0.158. The van der Waals surface area contributed by atoms with Gasteiger partial charge in [-0.05, 0) is 77.0 Å². The number of unbranched alkanes of at least 4 members (excludes halogenated alkanes) is 31.